The summed E-state index contributed by atoms with van der Waals surface area (Å²) in [6.45, 7) is 6.35. The van der Waals surface area contributed by atoms with Crippen molar-refractivity contribution in [3.63, 3.8) is 0 Å². The van der Waals surface area contributed by atoms with Gasteiger partial charge in [0.1, 0.15) is 0 Å². The smallest absolute Gasteiger partial charge is 0.0622 e. The number of nitrogens with two attached hydrogens (primary N) is 1. The van der Waals surface area contributed by atoms with Gasteiger partial charge in [-0.2, -0.15) is 0 Å². The van der Waals surface area contributed by atoms with Crippen LogP contribution < -0.4 is 5.73 Å². The highest BCUT2D eigenvalue weighted by atomic mass is 16.5. The zero-order valence-corrected chi connectivity index (χ0v) is 9.49. The largest absolute Gasteiger partial charge is 0.394 e. The molecule has 14 heavy (non-hydrogen) atoms. The number of hydrogen-bond donors (Lipinski definition) is 2. The van der Waals surface area contributed by atoms with Gasteiger partial charge in [0.15, 0.2) is 0 Å². The summed E-state index contributed by atoms with van der Waals surface area (Å²) in [7, 11) is 0. The minimum Gasteiger partial charge on any atom is -0.394 e. The zero-order chi connectivity index (χ0) is 10.8. The van der Waals surface area contributed by atoms with E-state index in [1.54, 1.807) is 0 Å². The van der Waals surface area contributed by atoms with Crippen molar-refractivity contribution in [3.05, 3.63) is 0 Å². The lowest BCUT2D eigenvalue weighted by Gasteiger charge is -2.40. The van der Waals surface area contributed by atoms with Gasteiger partial charge in [0.25, 0.3) is 0 Å². The molecule has 84 valence electrons. The van der Waals surface area contributed by atoms with Crippen LogP contribution in [-0.4, -0.2) is 29.5 Å². The highest BCUT2D eigenvalue weighted by Crippen LogP contribution is 2.32. The van der Waals surface area contributed by atoms with E-state index in [0.29, 0.717) is 5.92 Å². The molecule has 0 heterocycles. The summed E-state index contributed by atoms with van der Waals surface area (Å²) in [6.07, 6.45) is 3.18. The predicted molar refractivity (Wildman–Crippen MR) is 57.0 cm³/mol. The van der Waals surface area contributed by atoms with Crippen molar-refractivity contribution in [2.24, 2.45) is 11.7 Å². The second-order valence-electron chi connectivity index (χ2n) is 4.96. The minimum absolute atomic E-state index is 0.0671. The number of ether oxygens (including phenoxy) is 1. The molecule has 1 aliphatic rings. The molecule has 3 unspecified atom stereocenters. The summed E-state index contributed by atoms with van der Waals surface area (Å²) in [5, 5.41) is 9.21. The lowest BCUT2D eigenvalue weighted by molar-refractivity contribution is -0.0640. The van der Waals surface area contributed by atoms with Gasteiger partial charge < -0.3 is 15.6 Å². The van der Waals surface area contributed by atoms with E-state index in [2.05, 4.69) is 6.92 Å². The van der Waals surface area contributed by atoms with Crippen molar-refractivity contribution in [2.45, 2.75) is 57.8 Å². The molecule has 0 aromatic carbocycles. The van der Waals surface area contributed by atoms with Crippen LogP contribution in [0.2, 0.25) is 0 Å². The van der Waals surface area contributed by atoms with Gasteiger partial charge in [-0.05, 0) is 39.0 Å². The van der Waals surface area contributed by atoms with Crippen LogP contribution in [0.15, 0.2) is 0 Å². The molecule has 0 aromatic heterocycles. The zero-order valence-electron chi connectivity index (χ0n) is 9.49. The Balaban J connectivity index is 2.55. The van der Waals surface area contributed by atoms with Gasteiger partial charge in [0.05, 0.1) is 18.8 Å². The molecule has 3 atom stereocenters. The Morgan fingerprint density at radius 3 is 2.71 bits per heavy atom. The highest BCUT2D eigenvalue weighted by molar-refractivity contribution is 4.93. The van der Waals surface area contributed by atoms with E-state index in [4.69, 9.17) is 10.5 Å². The first-order valence-electron chi connectivity index (χ1n) is 5.52. The Morgan fingerprint density at radius 2 is 2.21 bits per heavy atom. The quantitative estimate of drug-likeness (QED) is 0.723. The molecule has 0 spiro atoms. The van der Waals surface area contributed by atoms with Gasteiger partial charge in [-0.15, -0.1) is 0 Å². The second-order valence-corrected chi connectivity index (χ2v) is 4.96. The average Bonchev–Trinajstić information content (AvgIpc) is 2.11. The number of rotatable bonds is 3. The topological polar surface area (TPSA) is 55.5 Å². The van der Waals surface area contributed by atoms with E-state index in [1.807, 2.05) is 13.8 Å². The summed E-state index contributed by atoms with van der Waals surface area (Å²) in [5.41, 5.74) is 5.65. The van der Waals surface area contributed by atoms with Crippen molar-refractivity contribution in [3.8, 4) is 0 Å². The molecule has 3 heteroatoms. The first-order chi connectivity index (χ1) is 6.47. The van der Waals surface area contributed by atoms with Crippen molar-refractivity contribution in [1.82, 2.24) is 0 Å². The molecule has 3 N–H and O–H groups in total. The van der Waals surface area contributed by atoms with E-state index >= 15 is 0 Å². The third-order valence-electron chi connectivity index (χ3n) is 3.10. The van der Waals surface area contributed by atoms with Crippen LogP contribution in [-0.2, 0) is 4.74 Å². The second kappa shape index (κ2) is 4.60. The van der Waals surface area contributed by atoms with E-state index in [-0.39, 0.29) is 18.8 Å². The van der Waals surface area contributed by atoms with Crippen LogP contribution in [0, 0.1) is 5.92 Å². The number of hydrogen-bond acceptors (Lipinski definition) is 3. The summed E-state index contributed by atoms with van der Waals surface area (Å²) in [4.78, 5) is 0. The number of aliphatic hydroxyl groups is 1. The summed E-state index contributed by atoms with van der Waals surface area (Å²) in [6, 6.07) is 0. The minimum atomic E-state index is -0.411. The van der Waals surface area contributed by atoms with E-state index in [1.165, 1.54) is 0 Å². The molecule has 3 nitrogen and oxygen atoms in total. The molecule has 0 saturated heterocycles. The maximum atomic E-state index is 9.21. The molecule has 0 aliphatic heterocycles. The van der Waals surface area contributed by atoms with Crippen LogP contribution in [0.4, 0.5) is 0 Å². The normalized spacial score (nSPS) is 39.0. The number of aliphatic hydroxyl groups excluding tert-OH is 1. The van der Waals surface area contributed by atoms with Crippen molar-refractivity contribution < 1.29 is 9.84 Å². The molecule has 1 fully saturated rings. The molecule has 0 bridgehead atoms. The predicted octanol–water partition coefficient (Wildman–Crippen LogP) is 1.29. The summed E-state index contributed by atoms with van der Waals surface area (Å²) in [5.74, 6) is 0.556. The summed E-state index contributed by atoms with van der Waals surface area (Å²) < 4.78 is 5.81. The molecule has 0 aromatic rings. The first-order valence-corrected chi connectivity index (χ1v) is 5.52. The molecular weight excluding hydrogens is 178 g/mol. The van der Waals surface area contributed by atoms with E-state index in [0.717, 1.165) is 19.3 Å². The molecule has 1 aliphatic carbocycles. The molecular formula is C11H23NO2. The molecule has 0 radical (unpaired) electrons. The van der Waals surface area contributed by atoms with Gasteiger partial charge in [-0.25, -0.2) is 0 Å². The fraction of sp³-hybridized carbons (Fsp3) is 1.00. The fourth-order valence-electron chi connectivity index (χ4n) is 2.08. The Bertz CT molecular complexity index is 184. The van der Waals surface area contributed by atoms with Gasteiger partial charge >= 0.3 is 0 Å². The van der Waals surface area contributed by atoms with Crippen molar-refractivity contribution >= 4 is 0 Å². The Hall–Kier alpha value is -0.120. The van der Waals surface area contributed by atoms with Gasteiger partial charge in [-0.1, -0.05) is 6.92 Å². The van der Waals surface area contributed by atoms with Gasteiger partial charge in [0, 0.05) is 5.54 Å². The fourth-order valence-corrected chi connectivity index (χ4v) is 2.08. The lowest BCUT2D eigenvalue weighted by atomic mass is 9.76. The van der Waals surface area contributed by atoms with Crippen LogP contribution >= 0.6 is 0 Å². The Labute approximate surface area is 86.6 Å². The van der Waals surface area contributed by atoms with Crippen LogP contribution in [0.1, 0.15) is 40.0 Å². The monoisotopic (exact) mass is 201 g/mol. The SMILES string of the molecule is CC(C)OC1CC(N)(CO)CCC1C. The average molecular weight is 201 g/mol. The summed E-state index contributed by atoms with van der Waals surface area (Å²) >= 11 is 0. The van der Waals surface area contributed by atoms with Crippen LogP contribution in [0.5, 0.6) is 0 Å². The molecule has 0 amide bonds. The molecule has 1 rings (SSSR count). The third-order valence-corrected chi connectivity index (χ3v) is 3.10. The maximum Gasteiger partial charge on any atom is 0.0622 e. The van der Waals surface area contributed by atoms with Gasteiger partial charge in [-0.3, -0.25) is 0 Å². The highest BCUT2D eigenvalue weighted by Gasteiger charge is 2.36. The molecule has 1 saturated carbocycles. The maximum absolute atomic E-state index is 9.21. The van der Waals surface area contributed by atoms with Crippen molar-refractivity contribution in [2.75, 3.05) is 6.61 Å². The van der Waals surface area contributed by atoms with E-state index < -0.39 is 5.54 Å². The van der Waals surface area contributed by atoms with E-state index in [9.17, 15) is 5.11 Å². The third kappa shape index (κ3) is 2.94. The van der Waals surface area contributed by atoms with Gasteiger partial charge in [0.2, 0.25) is 0 Å². The Kier molecular flexibility index (Phi) is 3.93. The standard InChI is InChI=1S/C11H23NO2/c1-8(2)14-10-6-11(12,7-13)5-4-9(10)3/h8-10,13H,4-7,12H2,1-3H3. The van der Waals surface area contributed by atoms with Crippen molar-refractivity contribution in [1.29, 1.82) is 0 Å². The van der Waals surface area contributed by atoms with Crippen LogP contribution in [0.25, 0.3) is 0 Å². The lowest BCUT2D eigenvalue weighted by Crippen LogP contribution is -2.52. The van der Waals surface area contributed by atoms with Crippen LogP contribution in [0.3, 0.4) is 0 Å². The first kappa shape index (κ1) is 12.0. The Morgan fingerprint density at radius 1 is 1.57 bits per heavy atom.